The lowest BCUT2D eigenvalue weighted by molar-refractivity contribution is 0.606. The van der Waals surface area contributed by atoms with Crippen LogP contribution < -0.4 is 10.5 Å². The highest BCUT2D eigenvalue weighted by Gasteiger charge is 2.10. The van der Waals surface area contributed by atoms with Crippen LogP contribution in [-0.4, -0.2) is 29.9 Å². The first-order valence-electron chi connectivity index (χ1n) is 3.21. The number of aromatic nitrogens is 2. The molecule has 0 radical (unpaired) electrons. The van der Waals surface area contributed by atoms with Gasteiger partial charge in [-0.15, -0.1) is 0 Å². The minimum Gasteiger partial charge on any atom is -0.389 e. The molecule has 13 heavy (non-hydrogen) atoms. The third-order valence-corrected chi connectivity index (χ3v) is 1.99. The van der Waals surface area contributed by atoms with Crippen LogP contribution >= 0.6 is 12.2 Å². The summed E-state index contributed by atoms with van der Waals surface area (Å²) in [7, 11) is -3.34. The first-order valence-corrected chi connectivity index (χ1v) is 5.51. The van der Waals surface area contributed by atoms with Gasteiger partial charge in [-0.2, -0.15) is 5.10 Å². The third kappa shape index (κ3) is 2.67. The molecular formula is C5H8N4O2S2. The van der Waals surface area contributed by atoms with E-state index in [1.807, 2.05) is 0 Å². The molecular weight excluding hydrogens is 212 g/mol. The van der Waals surface area contributed by atoms with Crippen LogP contribution in [0.15, 0.2) is 6.20 Å². The van der Waals surface area contributed by atoms with Crippen molar-refractivity contribution < 1.29 is 8.42 Å². The molecule has 0 aliphatic heterocycles. The van der Waals surface area contributed by atoms with E-state index >= 15 is 0 Å². The van der Waals surface area contributed by atoms with Crippen LogP contribution in [0.25, 0.3) is 0 Å². The molecule has 0 aliphatic rings. The molecule has 0 bridgehead atoms. The van der Waals surface area contributed by atoms with E-state index in [0.717, 1.165) is 6.26 Å². The van der Waals surface area contributed by atoms with Gasteiger partial charge >= 0.3 is 0 Å². The smallest absolute Gasteiger partial charge is 0.230 e. The molecule has 8 heteroatoms. The van der Waals surface area contributed by atoms with Crippen molar-refractivity contribution in [2.24, 2.45) is 5.73 Å². The fraction of sp³-hybridized carbons (Fsp3) is 0.200. The van der Waals surface area contributed by atoms with Gasteiger partial charge in [0.05, 0.1) is 18.0 Å². The normalized spacial score (nSPS) is 11.2. The Balaban J connectivity index is 3.02. The first kappa shape index (κ1) is 9.93. The zero-order valence-electron chi connectivity index (χ0n) is 6.73. The largest absolute Gasteiger partial charge is 0.389 e. The zero-order chi connectivity index (χ0) is 10.1. The van der Waals surface area contributed by atoms with Crippen LogP contribution in [0.3, 0.4) is 0 Å². The van der Waals surface area contributed by atoms with Crippen molar-refractivity contribution in [1.82, 2.24) is 10.2 Å². The summed E-state index contributed by atoms with van der Waals surface area (Å²) in [5.41, 5.74) is 5.69. The number of anilines is 1. The van der Waals surface area contributed by atoms with Crippen LogP contribution in [0.2, 0.25) is 0 Å². The maximum atomic E-state index is 10.8. The SMILES string of the molecule is CS(=O)(=O)Nc1[nH]ncc1C(N)=S. The number of rotatable bonds is 3. The molecule has 6 nitrogen and oxygen atoms in total. The molecule has 1 aromatic heterocycles. The third-order valence-electron chi connectivity index (χ3n) is 1.19. The van der Waals surface area contributed by atoms with Gasteiger partial charge in [-0.1, -0.05) is 12.2 Å². The van der Waals surface area contributed by atoms with Crippen molar-refractivity contribution in [3.05, 3.63) is 11.8 Å². The van der Waals surface area contributed by atoms with Crippen molar-refractivity contribution in [3.63, 3.8) is 0 Å². The average Bonchev–Trinajstić information content (AvgIpc) is 2.31. The number of hydrogen-bond acceptors (Lipinski definition) is 4. The molecule has 72 valence electrons. The highest BCUT2D eigenvalue weighted by atomic mass is 32.2. The number of thiocarbonyl (C=S) groups is 1. The Kier molecular flexibility index (Phi) is 2.52. The molecule has 0 saturated heterocycles. The van der Waals surface area contributed by atoms with E-state index in [1.54, 1.807) is 0 Å². The molecule has 0 unspecified atom stereocenters. The van der Waals surface area contributed by atoms with Gasteiger partial charge < -0.3 is 5.73 Å². The van der Waals surface area contributed by atoms with Gasteiger partial charge in [0, 0.05) is 0 Å². The number of aromatic amines is 1. The van der Waals surface area contributed by atoms with E-state index < -0.39 is 10.0 Å². The van der Waals surface area contributed by atoms with Gasteiger partial charge in [0.15, 0.2) is 0 Å². The molecule has 0 saturated carbocycles. The average molecular weight is 220 g/mol. The molecule has 0 fully saturated rings. The fourth-order valence-electron chi connectivity index (χ4n) is 0.736. The number of H-pyrrole nitrogens is 1. The van der Waals surface area contributed by atoms with E-state index in [1.165, 1.54) is 6.20 Å². The Morgan fingerprint density at radius 1 is 1.77 bits per heavy atom. The number of hydrogen-bond donors (Lipinski definition) is 3. The molecule has 0 aromatic carbocycles. The molecule has 0 amide bonds. The maximum Gasteiger partial charge on any atom is 0.230 e. The first-order chi connectivity index (χ1) is 5.90. The number of nitrogens with zero attached hydrogens (tertiary/aromatic N) is 1. The Hall–Kier alpha value is -1.15. The summed E-state index contributed by atoms with van der Waals surface area (Å²) >= 11 is 4.68. The Morgan fingerprint density at radius 3 is 2.85 bits per heavy atom. The highest BCUT2D eigenvalue weighted by Crippen LogP contribution is 2.11. The second-order valence-electron chi connectivity index (χ2n) is 2.40. The van der Waals surface area contributed by atoms with Crippen LogP contribution in [0.1, 0.15) is 5.56 Å². The Labute approximate surface area is 80.6 Å². The summed E-state index contributed by atoms with van der Waals surface area (Å²) in [6, 6.07) is 0. The van der Waals surface area contributed by atoms with Crippen LogP contribution in [0.4, 0.5) is 5.82 Å². The topological polar surface area (TPSA) is 101 Å². The van der Waals surface area contributed by atoms with Gasteiger partial charge in [0.2, 0.25) is 10.0 Å². The standard InChI is InChI=1S/C5H8N4O2S2/c1-13(10,11)9-5-3(4(6)12)2-7-8-5/h2H,1H3,(H2,6,12)(H2,7,8,9). The van der Waals surface area contributed by atoms with E-state index in [0.29, 0.717) is 5.56 Å². The quantitative estimate of drug-likeness (QED) is 0.591. The van der Waals surface area contributed by atoms with Crippen molar-refractivity contribution in [2.75, 3.05) is 11.0 Å². The number of nitrogens with one attached hydrogen (secondary N) is 2. The minimum atomic E-state index is -3.34. The van der Waals surface area contributed by atoms with Gasteiger partial charge in [0.25, 0.3) is 0 Å². The van der Waals surface area contributed by atoms with Gasteiger partial charge in [0.1, 0.15) is 10.8 Å². The Morgan fingerprint density at radius 2 is 2.38 bits per heavy atom. The second kappa shape index (κ2) is 3.30. The molecule has 1 aromatic rings. The van der Waals surface area contributed by atoms with E-state index in [-0.39, 0.29) is 10.8 Å². The van der Waals surface area contributed by atoms with Crippen molar-refractivity contribution >= 4 is 33.0 Å². The van der Waals surface area contributed by atoms with E-state index in [4.69, 9.17) is 5.73 Å². The number of sulfonamides is 1. The molecule has 0 spiro atoms. The van der Waals surface area contributed by atoms with Gasteiger partial charge in [-0.25, -0.2) is 8.42 Å². The molecule has 0 aliphatic carbocycles. The lowest BCUT2D eigenvalue weighted by atomic mass is 10.3. The monoisotopic (exact) mass is 220 g/mol. The van der Waals surface area contributed by atoms with Crippen molar-refractivity contribution in [2.45, 2.75) is 0 Å². The van der Waals surface area contributed by atoms with Gasteiger partial charge in [-0.3, -0.25) is 9.82 Å². The van der Waals surface area contributed by atoms with Crippen LogP contribution in [-0.2, 0) is 10.0 Å². The summed E-state index contributed by atoms with van der Waals surface area (Å²) in [5, 5.41) is 6.04. The predicted molar refractivity (Wildman–Crippen MR) is 52.9 cm³/mol. The van der Waals surface area contributed by atoms with Crippen LogP contribution in [0, 0.1) is 0 Å². The maximum absolute atomic E-state index is 10.8. The van der Waals surface area contributed by atoms with E-state index in [2.05, 4.69) is 27.1 Å². The number of nitrogens with two attached hydrogens (primary N) is 1. The summed E-state index contributed by atoms with van der Waals surface area (Å²) < 4.78 is 23.9. The zero-order valence-corrected chi connectivity index (χ0v) is 8.37. The Bertz CT molecular complexity index is 421. The molecule has 1 rings (SSSR count). The van der Waals surface area contributed by atoms with Gasteiger partial charge in [-0.05, 0) is 0 Å². The minimum absolute atomic E-state index is 0.0832. The fourth-order valence-corrected chi connectivity index (χ4v) is 1.42. The molecule has 0 atom stereocenters. The molecule has 1 heterocycles. The van der Waals surface area contributed by atoms with Crippen molar-refractivity contribution in [1.29, 1.82) is 0 Å². The molecule has 4 N–H and O–H groups in total. The second-order valence-corrected chi connectivity index (χ2v) is 4.59. The van der Waals surface area contributed by atoms with E-state index in [9.17, 15) is 8.42 Å². The lowest BCUT2D eigenvalue weighted by Gasteiger charge is -2.01. The summed E-state index contributed by atoms with van der Waals surface area (Å²) in [5.74, 6) is 0.190. The highest BCUT2D eigenvalue weighted by molar-refractivity contribution is 7.92. The summed E-state index contributed by atoms with van der Waals surface area (Å²) in [6.07, 6.45) is 2.38. The van der Waals surface area contributed by atoms with Crippen LogP contribution in [0.5, 0.6) is 0 Å². The van der Waals surface area contributed by atoms with Crippen molar-refractivity contribution in [3.8, 4) is 0 Å². The lowest BCUT2D eigenvalue weighted by Crippen LogP contribution is -2.15. The summed E-state index contributed by atoms with van der Waals surface area (Å²) in [4.78, 5) is 0.0832. The summed E-state index contributed by atoms with van der Waals surface area (Å²) in [6.45, 7) is 0. The predicted octanol–water partition coefficient (Wildman–Crippen LogP) is -0.585.